The molecule has 0 aliphatic heterocycles. The molecule has 0 radical (unpaired) electrons. The van der Waals surface area contributed by atoms with Gasteiger partial charge in [0.15, 0.2) is 5.69 Å². The molecule has 0 aromatic carbocycles. The van der Waals surface area contributed by atoms with Gasteiger partial charge in [0.2, 0.25) is 0 Å². The van der Waals surface area contributed by atoms with Crippen LogP contribution in [0.2, 0.25) is 0 Å². The zero-order chi connectivity index (χ0) is 11.3. The number of aromatic nitrogens is 2. The van der Waals surface area contributed by atoms with E-state index in [1.54, 1.807) is 0 Å². The second kappa shape index (κ2) is 5.05. The third-order valence-corrected chi connectivity index (χ3v) is 1.67. The van der Waals surface area contributed by atoms with Crippen molar-refractivity contribution in [2.45, 2.75) is 0 Å². The molecule has 1 aromatic heterocycles. The maximum atomic E-state index is 10.4. The summed E-state index contributed by atoms with van der Waals surface area (Å²) in [5.74, 6) is -0.237. The Morgan fingerprint density at radius 2 is 2.60 bits per heavy atom. The molecule has 1 aromatic rings. The Labute approximate surface area is 85.4 Å². The Morgan fingerprint density at radius 1 is 1.87 bits per heavy atom. The van der Waals surface area contributed by atoms with Gasteiger partial charge in [0.05, 0.1) is 26.4 Å². The van der Waals surface area contributed by atoms with Crippen molar-refractivity contribution in [2.75, 3.05) is 13.2 Å². The van der Waals surface area contributed by atoms with Gasteiger partial charge in [0, 0.05) is 0 Å². The summed E-state index contributed by atoms with van der Waals surface area (Å²) in [5.41, 5.74) is 3.06. The maximum Gasteiger partial charge on any atom is 0.434 e. The third-order valence-electron chi connectivity index (χ3n) is 1.67. The molecule has 8 nitrogen and oxygen atoms in total. The number of hydrazone groups is 1. The average molecular weight is 213 g/mol. The van der Waals surface area contributed by atoms with E-state index >= 15 is 0 Å². The van der Waals surface area contributed by atoms with Gasteiger partial charge >= 0.3 is 5.95 Å². The highest BCUT2D eigenvalue weighted by atomic mass is 16.6. The van der Waals surface area contributed by atoms with E-state index < -0.39 is 4.92 Å². The molecule has 8 heteroatoms. The number of rotatable bonds is 5. The van der Waals surface area contributed by atoms with Crippen molar-refractivity contribution in [1.82, 2.24) is 15.0 Å². The van der Waals surface area contributed by atoms with Gasteiger partial charge in [0.1, 0.15) is 6.20 Å². The lowest BCUT2D eigenvalue weighted by molar-refractivity contribution is -0.396. The van der Waals surface area contributed by atoms with E-state index in [-0.39, 0.29) is 12.6 Å². The maximum absolute atomic E-state index is 10.4. The van der Waals surface area contributed by atoms with Crippen molar-refractivity contribution in [3.8, 4) is 0 Å². The topological polar surface area (TPSA) is 106 Å². The second-order valence-corrected chi connectivity index (χ2v) is 2.69. The predicted octanol–water partition coefficient (Wildman–Crippen LogP) is -0.756. The van der Waals surface area contributed by atoms with Crippen molar-refractivity contribution in [2.24, 2.45) is 12.1 Å². The number of hydrogen-bond acceptors (Lipinski definition) is 6. The number of nitrogens with zero attached hydrogens (tertiary/aromatic N) is 4. The lowest BCUT2D eigenvalue weighted by Gasteiger charge is -1.95. The Balaban J connectivity index is 2.70. The molecule has 0 atom stereocenters. The molecule has 2 N–H and O–H groups in total. The summed E-state index contributed by atoms with van der Waals surface area (Å²) in [5, 5.41) is 22.6. The highest BCUT2D eigenvalue weighted by Crippen LogP contribution is 2.08. The fraction of sp³-hybridized carbons (Fsp3) is 0.429. The van der Waals surface area contributed by atoms with Gasteiger partial charge in [-0.1, -0.05) is 4.98 Å². The molecule has 0 unspecified atom stereocenters. The van der Waals surface area contributed by atoms with Gasteiger partial charge in [-0.2, -0.15) is 5.10 Å². The molecule has 15 heavy (non-hydrogen) atoms. The van der Waals surface area contributed by atoms with E-state index in [9.17, 15) is 10.1 Å². The van der Waals surface area contributed by atoms with E-state index in [4.69, 9.17) is 5.11 Å². The molecule has 0 amide bonds. The Morgan fingerprint density at radius 3 is 3.13 bits per heavy atom. The normalized spacial score (nSPS) is 10.8. The molecule has 0 bridgehead atoms. The van der Waals surface area contributed by atoms with Crippen LogP contribution >= 0.6 is 0 Å². The number of aliphatic hydroxyl groups is 1. The van der Waals surface area contributed by atoms with Gasteiger partial charge in [-0.25, -0.2) is 4.57 Å². The summed E-state index contributed by atoms with van der Waals surface area (Å²) in [6.07, 6.45) is 2.75. The fourth-order valence-corrected chi connectivity index (χ4v) is 0.928. The summed E-state index contributed by atoms with van der Waals surface area (Å²) >= 11 is 0. The molecule has 1 heterocycles. The highest BCUT2D eigenvalue weighted by molar-refractivity contribution is 5.77. The SMILES string of the molecule is Cn1c(C=NNCCO)cnc1[N+](=O)[O-]. The van der Waals surface area contributed by atoms with E-state index in [1.807, 2.05) is 0 Å². The van der Waals surface area contributed by atoms with Crippen LogP contribution in [0.1, 0.15) is 5.69 Å². The number of nitro groups is 1. The van der Waals surface area contributed by atoms with Crippen molar-refractivity contribution in [1.29, 1.82) is 0 Å². The van der Waals surface area contributed by atoms with Gasteiger partial charge in [-0.05, 0) is 4.92 Å². The van der Waals surface area contributed by atoms with E-state index in [0.29, 0.717) is 12.2 Å². The van der Waals surface area contributed by atoms with Gasteiger partial charge < -0.3 is 20.6 Å². The molecular formula is C7H11N5O3. The van der Waals surface area contributed by atoms with Crippen LogP contribution in [-0.4, -0.2) is 38.9 Å². The van der Waals surface area contributed by atoms with Gasteiger partial charge in [-0.15, -0.1) is 0 Å². The summed E-state index contributed by atoms with van der Waals surface area (Å²) in [4.78, 5) is 13.5. The lowest BCUT2D eigenvalue weighted by Crippen LogP contribution is -2.11. The molecule has 0 spiro atoms. The molecule has 82 valence electrons. The molecule has 0 aliphatic carbocycles. The molecule has 0 saturated carbocycles. The summed E-state index contributed by atoms with van der Waals surface area (Å²) in [6, 6.07) is 0. The van der Waals surface area contributed by atoms with Crippen LogP contribution in [0, 0.1) is 10.1 Å². The summed E-state index contributed by atoms with van der Waals surface area (Å²) in [7, 11) is 1.53. The molecule has 0 aliphatic rings. The molecular weight excluding hydrogens is 202 g/mol. The third kappa shape index (κ3) is 2.74. The number of nitrogens with one attached hydrogen (secondary N) is 1. The second-order valence-electron chi connectivity index (χ2n) is 2.69. The predicted molar refractivity (Wildman–Crippen MR) is 52.5 cm³/mol. The monoisotopic (exact) mass is 213 g/mol. The molecule has 1 rings (SSSR count). The van der Waals surface area contributed by atoms with Crippen molar-refractivity contribution < 1.29 is 10.0 Å². The Hall–Kier alpha value is -1.96. The van der Waals surface area contributed by atoms with Crippen molar-refractivity contribution in [3.63, 3.8) is 0 Å². The van der Waals surface area contributed by atoms with Crippen molar-refractivity contribution in [3.05, 3.63) is 22.0 Å². The van der Waals surface area contributed by atoms with Crippen LogP contribution in [0.4, 0.5) is 5.95 Å². The van der Waals surface area contributed by atoms with Gasteiger partial charge in [-0.3, -0.25) is 0 Å². The average Bonchev–Trinajstić information content (AvgIpc) is 2.55. The first-order valence-electron chi connectivity index (χ1n) is 4.19. The van der Waals surface area contributed by atoms with E-state index in [0.717, 1.165) is 0 Å². The summed E-state index contributed by atoms with van der Waals surface area (Å²) in [6.45, 7) is 0.305. The van der Waals surface area contributed by atoms with Crippen LogP contribution in [0.25, 0.3) is 0 Å². The number of hydrogen-bond donors (Lipinski definition) is 2. The molecule has 0 fully saturated rings. The lowest BCUT2D eigenvalue weighted by atomic mass is 10.5. The van der Waals surface area contributed by atoms with Crippen LogP contribution in [0.15, 0.2) is 11.3 Å². The molecule has 0 saturated heterocycles. The fourth-order valence-electron chi connectivity index (χ4n) is 0.928. The zero-order valence-corrected chi connectivity index (χ0v) is 8.12. The number of aliphatic hydroxyl groups excluding tert-OH is 1. The first kappa shape index (κ1) is 11.1. The first-order chi connectivity index (χ1) is 7.16. The van der Waals surface area contributed by atoms with Crippen LogP contribution in [0.5, 0.6) is 0 Å². The first-order valence-corrected chi connectivity index (χ1v) is 4.19. The van der Waals surface area contributed by atoms with Crippen LogP contribution in [0.3, 0.4) is 0 Å². The Kier molecular flexibility index (Phi) is 3.75. The van der Waals surface area contributed by atoms with Crippen LogP contribution in [-0.2, 0) is 7.05 Å². The van der Waals surface area contributed by atoms with E-state index in [2.05, 4.69) is 15.5 Å². The minimum Gasteiger partial charge on any atom is -0.394 e. The quantitative estimate of drug-likeness (QED) is 0.289. The largest absolute Gasteiger partial charge is 0.434 e. The van der Waals surface area contributed by atoms with Crippen molar-refractivity contribution >= 4 is 12.2 Å². The number of imidazole rings is 1. The minimum absolute atomic E-state index is 0.0249. The zero-order valence-electron chi connectivity index (χ0n) is 8.12. The smallest absolute Gasteiger partial charge is 0.394 e. The van der Waals surface area contributed by atoms with Gasteiger partial charge in [0.25, 0.3) is 0 Å². The summed E-state index contributed by atoms with van der Waals surface area (Å²) < 4.78 is 1.31. The minimum atomic E-state index is -0.571. The van der Waals surface area contributed by atoms with E-state index in [1.165, 1.54) is 24.0 Å². The Bertz CT molecular complexity index is 373. The highest BCUT2D eigenvalue weighted by Gasteiger charge is 2.15. The standard InChI is InChI=1S/C7H11N5O3/c1-11-6(5-10-9-2-3-13)4-8-7(11)12(14)15/h4-5,9,13H,2-3H2,1H3. The van der Waals surface area contributed by atoms with Crippen LogP contribution < -0.4 is 5.43 Å².